The summed E-state index contributed by atoms with van der Waals surface area (Å²) in [7, 11) is 0. The molecule has 3 rings (SSSR count). The van der Waals surface area contributed by atoms with Gasteiger partial charge in [-0.15, -0.1) is 0 Å². The monoisotopic (exact) mass is 371 g/mol. The van der Waals surface area contributed by atoms with Gasteiger partial charge >= 0.3 is 0 Å². The lowest BCUT2D eigenvalue weighted by atomic mass is 10.1. The van der Waals surface area contributed by atoms with Crippen LogP contribution >= 0.6 is 23.2 Å². The molecule has 0 bridgehead atoms. The van der Waals surface area contributed by atoms with E-state index in [-0.39, 0.29) is 11.9 Å². The van der Waals surface area contributed by atoms with Gasteiger partial charge in [0.1, 0.15) is 12.0 Å². The first-order chi connectivity index (χ1) is 12.0. The average molecular weight is 372 g/mol. The Morgan fingerprint density at radius 2 is 1.76 bits per heavy atom. The lowest BCUT2D eigenvalue weighted by Crippen LogP contribution is -2.27. The van der Waals surface area contributed by atoms with Crippen LogP contribution in [0.3, 0.4) is 0 Å². The van der Waals surface area contributed by atoms with Gasteiger partial charge in [-0.1, -0.05) is 59.6 Å². The second-order valence-electron chi connectivity index (χ2n) is 5.52. The highest BCUT2D eigenvalue weighted by Gasteiger charge is 2.14. The van der Waals surface area contributed by atoms with Gasteiger partial charge in [-0.2, -0.15) is 0 Å². The molecule has 0 aliphatic rings. The fourth-order valence-electron chi connectivity index (χ4n) is 2.39. The highest BCUT2D eigenvalue weighted by Crippen LogP contribution is 2.27. The summed E-state index contributed by atoms with van der Waals surface area (Å²) >= 11 is 12.0. The molecule has 126 valence electrons. The van der Waals surface area contributed by atoms with E-state index >= 15 is 0 Å². The number of nitrogens with zero attached hydrogens (tertiary/aromatic N) is 2. The molecule has 2 aromatic carbocycles. The second-order valence-corrected chi connectivity index (χ2v) is 6.34. The van der Waals surface area contributed by atoms with Crippen molar-refractivity contribution in [2.45, 2.75) is 13.0 Å². The van der Waals surface area contributed by atoms with E-state index in [0.717, 1.165) is 11.1 Å². The predicted octanol–water partition coefficient (Wildman–Crippen LogP) is 4.94. The van der Waals surface area contributed by atoms with Crippen molar-refractivity contribution in [2.75, 3.05) is 0 Å². The Morgan fingerprint density at radius 3 is 2.48 bits per heavy atom. The van der Waals surface area contributed by atoms with Gasteiger partial charge in [0.25, 0.3) is 5.91 Å². The standard InChI is InChI=1S/C19H15Cl2N3O/c1-12(13-5-3-2-4-6-13)24-19(25)18-10-17(22-11-23-18)14-7-8-15(20)16(21)9-14/h2-12H,1H3,(H,24,25)/t12-/m1/s1. The number of aromatic nitrogens is 2. The molecule has 1 aromatic heterocycles. The van der Waals surface area contributed by atoms with Gasteiger partial charge in [0.15, 0.2) is 0 Å². The van der Waals surface area contributed by atoms with E-state index in [4.69, 9.17) is 23.2 Å². The summed E-state index contributed by atoms with van der Waals surface area (Å²) in [5.41, 5.74) is 2.68. The Hall–Kier alpha value is -2.43. The Kier molecular flexibility index (Phi) is 5.31. The molecule has 0 aliphatic heterocycles. The molecule has 0 saturated heterocycles. The molecule has 4 nitrogen and oxygen atoms in total. The minimum absolute atomic E-state index is 0.128. The molecular weight excluding hydrogens is 357 g/mol. The normalized spacial score (nSPS) is 11.8. The number of nitrogens with one attached hydrogen (secondary N) is 1. The van der Waals surface area contributed by atoms with Crippen LogP contribution in [0.4, 0.5) is 0 Å². The summed E-state index contributed by atoms with van der Waals surface area (Å²) in [5.74, 6) is -0.264. The quantitative estimate of drug-likeness (QED) is 0.706. The Balaban J connectivity index is 1.81. The topological polar surface area (TPSA) is 54.9 Å². The molecule has 25 heavy (non-hydrogen) atoms. The van der Waals surface area contributed by atoms with Crippen LogP contribution in [0.1, 0.15) is 29.0 Å². The second kappa shape index (κ2) is 7.64. The number of halogens is 2. The molecule has 1 N–H and O–H groups in total. The minimum Gasteiger partial charge on any atom is -0.344 e. The van der Waals surface area contributed by atoms with Gasteiger partial charge in [0.05, 0.1) is 21.8 Å². The van der Waals surface area contributed by atoms with Gasteiger partial charge < -0.3 is 5.32 Å². The fourth-order valence-corrected chi connectivity index (χ4v) is 2.69. The van der Waals surface area contributed by atoms with Crippen LogP contribution in [-0.2, 0) is 0 Å². The summed E-state index contributed by atoms with van der Waals surface area (Å²) in [6, 6.07) is 16.4. The fraction of sp³-hybridized carbons (Fsp3) is 0.105. The SMILES string of the molecule is C[C@@H](NC(=O)c1cc(-c2ccc(Cl)c(Cl)c2)ncn1)c1ccccc1. The lowest BCUT2D eigenvalue weighted by Gasteiger charge is -2.14. The molecule has 1 atom stereocenters. The lowest BCUT2D eigenvalue weighted by molar-refractivity contribution is 0.0934. The number of rotatable bonds is 4. The Bertz CT molecular complexity index is 900. The average Bonchev–Trinajstić information content (AvgIpc) is 2.64. The maximum Gasteiger partial charge on any atom is 0.270 e. The molecule has 3 aromatic rings. The third-order valence-corrected chi connectivity index (χ3v) is 4.50. The van der Waals surface area contributed by atoms with Crippen molar-refractivity contribution in [1.29, 1.82) is 0 Å². The molecule has 6 heteroatoms. The van der Waals surface area contributed by atoms with Crippen molar-refractivity contribution in [3.05, 3.63) is 82.2 Å². The number of hydrogen-bond acceptors (Lipinski definition) is 3. The smallest absolute Gasteiger partial charge is 0.270 e. The first kappa shape index (κ1) is 17.4. The summed E-state index contributed by atoms with van der Waals surface area (Å²) in [4.78, 5) is 20.8. The number of carbonyl (C=O) groups excluding carboxylic acids is 1. The summed E-state index contributed by atoms with van der Waals surface area (Å²) in [6.07, 6.45) is 1.36. The Morgan fingerprint density at radius 1 is 1.00 bits per heavy atom. The van der Waals surface area contributed by atoms with Crippen molar-refractivity contribution < 1.29 is 4.79 Å². The third kappa shape index (κ3) is 4.16. The number of benzene rings is 2. The molecule has 0 spiro atoms. The minimum atomic E-state index is -0.264. The highest BCUT2D eigenvalue weighted by atomic mass is 35.5. The van der Waals surface area contributed by atoms with Crippen molar-refractivity contribution >= 4 is 29.1 Å². The molecule has 0 radical (unpaired) electrons. The molecule has 1 amide bonds. The number of carbonyl (C=O) groups is 1. The summed E-state index contributed by atoms with van der Waals surface area (Å²) < 4.78 is 0. The van der Waals surface area contributed by atoms with Crippen LogP contribution in [0.2, 0.25) is 10.0 Å². The van der Waals surface area contributed by atoms with E-state index in [1.54, 1.807) is 24.3 Å². The largest absolute Gasteiger partial charge is 0.344 e. The molecule has 0 unspecified atom stereocenters. The first-order valence-electron chi connectivity index (χ1n) is 7.68. The van der Waals surface area contributed by atoms with E-state index in [0.29, 0.717) is 21.4 Å². The third-order valence-electron chi connectivity index (χ3n) is 3.76. The van der Waals surface area contributed by atoms with Gasteiger partial charge in [-0.25, -0.2) is 9.97 Å². The van der Waals surface area contributed by atoms with Crippen LogP contribution < -0.4 is 5.32 Å². The van der Waals surface area contributed by atoms with Crippen LogP contribution in [0.5, 0.6) is 0 Å². The van der Waals surface area contributed by atoms with Crippen molar-refractivity contribution in [2.24, 2.45) is 0 Å². The van der Waals surface area contributed by atoms with Gasteiger partial charge in [-0.05, 0) is 30.7 Å². The zero-order valence-electron chi connectivity index (χ0n) is 13.4. The van der Waals surface area contributed by atoms with Crippen LogP contribution in [0.15, 0.2) is 60.9 Å². The zero-order valence-corrected chi connectivity index (χ0v) is 14.9. The maximum absolute atomic E-state index is 12.5. The van der Waals surface area contributed by atoms with E-state index in [2.05, 4.69) is 15.3 Å². The van der Waals surface area contributed by atoms with Crippen molar-refractivity contribution in [3.8, 4) is 11.3 Å². The van der Waals surface area contributed by atoms with Crippen molar-refractivity contribution in [1.82, 2.24) is 15.3 Å². The molecular formula is C19H15Cl2N3O. The molecule has 0 fully saturated rings. The zero-order chi connectivity index (χ0) is 17.8. The van der Waals surface area contributed by atoms with Crippen molar-refractivity contribution in [3.63, 3.8) is 0 Å². The van der Waals surface area contributed by atoms with Gasteiger partial charge in [0.2, 0.25) is 0 Å². The summed E-state index contributed by atoms with van der Waals surface area (Å²) in [6.45, 7) is 1.92. The van der Waals surface area contributed by atoms with E-state index in [1.165, 1.54) is 6.33 Å². The Labute approximate surface area is 155 Å². The first-order valence-corrected chi connectivity index (χ1v) is 8.43. The highest BCUT2D eigenvalue weighted by molar-refractivity contribution is 6.42. The number of amides is 1. The van der Waals surface area contributed by atoms with Crippen LogP contribution in [-0.4, -0.2) is 15.9 Å². The van der Waals surface area contributed by atoms with E-state index < -0.39 is 0 Å². The molecule has 0 saturated carbocycles. The maximum atomic E-state index is 12.5. The van der Waals surface area contributed by atoms with E-state index in [9.17, 15) is 4.79 Å². The predicted molar refractivity (Wildman–Crippen MR) is 99.8 cm³/mol. The van der Waals surface area contributed by atoms with Crippen LogP contribution in [0, 0.1) is 0 Å². The summed E-state index contributed by atoms with van der Waals surface area (Å²) in [5, 5.41) is 3.83. The number of hydrogen-bond donors (Lipinski definition) is 1. The van der Waals surface area contributed by atoms with Gasteiger partial charge in [-0.3, -0.25) is 4.79 Å². The van der Waals surface area contributed by atoms with Crippen LogP contribution in [0.25, 0.3) is 11.3 Å². The van der Waals surface area contributed by atoms with Gasteiger partial charge in [0, 0.05) is 5.56 Å². The molecule has 1 heterocycles. The molecule has 0 aliphatic carbocycles. The van der Waals surface area contributed by atoms with E-state index in [1.807, 2.05) is 37.3 Å².